The number of nitrogens with one attached hydrogen (secondary N) is 2. The van der Waals surface area contributed by atoms with E-state index in [1.54, 1.807) is 0 Å². The van der Waals surface area contributed by atoms with Crippen molar-refractivity contribution in [1.29, 1.82) is 0 Å². The van der Waals surface area contributed by atoms with Crippen LogP contribution >= 0.6 is 35.7 Å². The van der Waals surface area contributed by atoms with Crippen molar-refractivity contribution in [2.24, 2.45) is 4.99 Å². The van der Waals surface area contributed by atoms with Crippen LogP contribution in [-0.4, -0.2) is 48.6 Å². The number of hydrogen-bond acceptors (Lipinski definition) is 4. The Bertz CT molecular complexity index is 519. The molecule has 0 bridgehead atoms. The van der Waals surface area contributed by atoms with Crippen LogP contribution < -0.4 is 15.5 Å². The molecule has 0 saturated heterocycles. The SMILES string of the molecule is CCN(CC)c1ccc(CNC(=NC)NC2CCC(SC)C2)cn1.I. The summed E-state index contributed by atoms with van der Waals surface area (Å²) in [5.41, 5.74) is 1.17. The average Bonchev–Trinajstić information content (AvgIpc) is 3.08. The number of rotatable bonds is 7. The molecule has 1 heterocycles. The van der Waals surface area contributed by atoms with Gasteiger partial charge in [0.15, 0.2) is 5.96 Å². The highest BCUT2D eigenvalue weighted by atomic mass is 127. The Morgan fingerprint density at radius 2 is 2.08 bits per heavy atom. The molecule has 1 saturated carbocycles. The van der Waals surface area contributed by atoms with Gasteiger partial charge in [-0.3, -0.25) is 4.99 Å². The molecule has 0 amide bonds. The molecule has 0 aliphatic heterocycles. The fourth-order valence-corrected chi connectivity index (χ4v) is 3.91. The van der Waals surface area contributed by atoms with Crippen molar-refractivity contribution in [3.8, 4) is 0 Å². The summed E-state index contributed by atoms with van der Waals surface area (Å²) in [7, 11) is 1.83. The lowest BCUT2D eigenvalue weighted by atomic mass is 10.2. The van der Waals surface area contributed by atoms with Crippen LogP contribution in [0.15, 0.2) is 23.3 Å². The van der Waals surface area contributed by atoms with Crippen LogP contribution in [0.25, 0.3) is 0 Å². The number of anilines is 1. The van der Waals surface area contributed by atoms with Crippen molar-refractivity contribution < 1.29 is 0 Å². The molecular weight excluding hydrogens is 445 g/mol. The average molecular weight is 477 g/mol. The highest BCUT2D eigenvalue weighted by Crippen LogP contribution is 2.28. The first kappa shape index (κ1) is 22.3. The number of aliphatic imine (C=N–C) groups is 1. The number of pyridine rings is 1. The predicted octanol–water partition coefficient (Wildman–Crippen LogP) is 3.49. The number of hydrogen-bond donors (Lipinski definition) is 2. The van der Waals surface area contributed by atoms with E-state index in [0.29, 0.717) is 6.04 Å². The van der Waals surface area contributed by atoms with Crippen LogP contribution in [0.4, 0.5) is 5.82 Å². The minimum Gasteiger partial charge on any atom is -0.357 e. The van der Waals surface area contributed by atoms with E-state index in [2.05, 4.69) is 57.7 Å². The first-order chi connectivity index (χ1) is 11.7. The molecule has 1 aromatic rings. The van der Waals surface area contributed by atoms with Gasteiger partial charge in [0.05, 0.1) is 0 Å². The van der Waals surface area contributed by atoms with Crippen molar-refractivity contribution in [3.63, 3.8) is 0 Å². The molecule has 2 rings (SSSR count). The number of thioether (sulfide) groups is 1. The summed E-state index contributed by atoms with van der Waals surface area (Å²) in [6.45, 7) is 7.01. The van der Waals surface area contributed by atoms with Crippen LogP contribution in [0, 0.1) is 0 Å². The zero-order chi connectivity index (χ0) is 17.4. The van der Waals surface area contributed by atoms with Crippen LogP contribution in [0.1, 0.15) is 38.7 Å². The molecule has 25 heavy (non-hydrogen) atoms. The van der Waals surface area contributed by atoms with E-state index in [-0.39, 0.29) is 24.0 Å². The lowest BCUT2D eigenvalue weighted by Gasteiger charge is -2.20. The van der Waals surface area contributed by atoms with E-state index in [9.17, 15) is 0 Å². The van der Waals surface area contributed by atoms with Gasteiger partial charge in [0.2, 0.25) is 0 Å². The Balaban J connectivity index is 0.00000312. The molecule has 0 aromatic carbocycles. The molecule has 142 valence electrons. The normalized spacial score (nSPS) is 20.1. The van der Waals surface area contributed by atoms with Gasteiger partial charge >= 0.3 is 0 Å². The molecule has 7 heteroatoms. The van der Waals surface area contributed by atoms with Crippen LogP contribution in [0.3, 0.4) is 0 Å². The first-order valence-electron chi connectivity index (χ1n) is 8.89. The van der Waals surface area contributed by atoms with E-state index in [1.807, 2.05) is 25.0 Å². The van der Waals surface area contributed by atoms with Gasteiger partial charge in [-0.15, -0.1) is 24.0 Å². The minimum atomic E-state index is 0. The van der Waals surface area contributed by atoms with Gasteiger partial charge in [0.25, 0.3) is 0 Å². The highest BCUT2D eigenvalue weighted by Gasteiger charge is 2.24. The topological polar surface area (TPSA) is 52.5 Å². The summed E-state index contributed by atoms with van der Waals surface area (Å²) in [5, 5.41) is 7.73. The van der Waals surface area contributed by atoms with Gasteiger partial charge in [-0.05, 0) is 51.0 Å². The summed E-state index contributed by atoms with van der Waals surface area (Å²) >= 11 is 1.98. The monoisotopic (exact) mass is 477 g/mol. The number of halogens is 1. The Morgan fingerprint density at radius 1 is 1.32 bits per heavy atom. The third kappa shape index (κ3) is 6.84. The molecule has 1 aliphatic carbocycles. The van der Waals surface area contributed by atoms with Crippen molar-refractivity contribution >= 4 is 47.5 Å². The molecule has 0 spiro atoms. The summed E-state index contributed by atoms with van der Waals surface area (Å²) in [5.74, 6) is 1.93. The Hall–Kier alpha value is -0.700. The maximum Gasteiger partial charge on any atom is 0.191 e. The van der Waals surface area contributed by atoms with Gasteiger partial charge in [-0.1, -0.05) is 6.07 Å². The minimum absolute atomic E-state index is 0. The van der Waals surface area contributed by atoms with Crippen molar-refractivity contribution in [2.45, 2.75) is 50.9 Å². The summed E-state index contributed by atoms with van der Waals surface area (Å²) in [4.78, 5) is 11.2. The van der Waals surface area contributed by atoms with E-state index in [4.69, 9.17) is 0 Å². The van der Waals surface area contributed by atoms with Gasteiger partial charge in [0, 0.05) is 44.2 Å². The smallest absolute Gasteiger partial charge is 0.191 e. The lowest BCUT2D eigenvalue weighted by Crippen LogP contribution is -2.42. The molecule has 1 aromatic heterocycles. The quantitative estimate of drug-likeness (QED) is 0.358. The number of guanidine groups is 1. The van der Waals surface area contributed by atoms with Crippen LogP contribution in [0.5, 0.6) is 0 Å². The maximum atomic E-state index is 4.57. The van der Waals surface area contributed by atoms with Crippen LogP contribution in [-0.2, 0) is 6.54 Å². The van der Waals surface area contributed by atoms with Gasteiger partial charge in [-0.2, -0.15) is 11.8 Å². The molecule has 1 fully saturated rings. The highest BCUT2D eigenvalue weighted by molar-refractivity contribution is 14.0. The Labute approximate surface area is 173 Å². The zero-order valence-corrected chi connectivity index (χ0v) is 18.9. The first-order valence-corrected chi connectivity index (χ1v) is 10.2. The van der Waals surface area contributed by atoms with E-state index >= 15 is 0 Å². The summed E-state index contributed by atoms with van der Waals surface area (Å²) < 4.78 is 0. The predicted molar refractivity (Wildman–Crippen MR) is 121 cm³/mol. The number of nitrogens with zero attached hydrogens (tertiary/aromatic N) is 3. The molecule has 2 unspecified atom stereocenters. The van der Waals surface area contributed by atoms with Crippen LogP contribution in [0.2, 0.25) is 0 Å². The van der Waals surface area contributed by atoms with Crippen molar-refractivity contribution in [2.75, 3.05) is 31.3 Å². The summed E-state index contributed by atoms with van der Waals surface area (Å²) in [6.07, 6.45) is 7.91. The van der Waals surface area contributed by atoms with E-state index < -0.39 is 0 Å². The standard InChI is InChI=1S/C18H31N5S.HI/c1-5-23(6-2)17-10-7-14(12-20-17)13-21-18(19-3)22-15-8-9-16(11-15)24-4;/h7,10,12,15-16H,5-6,8-9,11,13H2,1-4H3,(H2,19,21,22);1H. The molecule has 0 radical (unpaired) electrons. The molecule has 2 N–H and O–H groups in total. The largest absolute Gasteiger partial charge is 0.357 e. The second kappa shape index (κ2) is 11.8. The Morgan fingerprint density at radius 3 is 2.60 bits per heavy atom. The fourth-order valence-electron chi connectivity index (χ4n) is 3.11. The Kier molecular flexibility index (Phi) is 10.6. The van der Waals surface area contributed by atoms with E-state index in [1.165, 1.54) is 24.8 Å². The molecule has 1 aliphatic rings. The van der Waals surface area contributed by atoms with Crippen molar-refractivity contribution in [1.82, 2.24) is 15.6 Å². The summed E-state index contributed by atoms with van der Waals surface area (Å²) in [6, 6.07) is 4.78. The lowest BCUT2D eigenvalue weighted by molar-refractivity contribution is 0.614. The third-order valence-corrected chi connectivity index (χ3v) is 5.73. The molecule has 2 atom stereocenters. The zero-order valence-electron chi connectivity index (χ0n) is 15.8. The molecule has 5 nitrogen and oxygen atoms in total. The molecular formula is C18H32IN5S. The fraction of sp³-hybridized carbons (Fsp3) is 0.667. The number of aromatic nitrogens is 1. The third-order valence-electron chi connectivity index (χ3n) is 4.64. The van der Waals surface area contributed by atoms with Gasteiger partial charge in [-0.25, -0.2) is 4.98 Å². The second-order valence-electron chi connectivity index (χ2n) is 6.13. The maximum absolute atomic E-state index is 4.57. The van der Waals surface area contributed by atoms with E-state index in [0.717, 1.165) is 36.7 Å². The van der Waals surface area contributed by atoms with Gasteiger partial charge < -0.3 is 15.5 Å². The second-order valence-corrected chi connectivity index (χ2v) is 7.27. The van der Waals surface area contributed by atoms with Gasteiger partial charge in [0.1, 0.15) is 5.82 Å². The van der Waals surface area contributed by atoms with Crippen molar-refractivity contribution in [3.05, 3.63) is 23.9 Å².